The molecule has 2 aliphatic heterocycles. The number of nitrogens with zero attached hydrogens (tertiary/aromatic N) is 1. The number of likely N-dealkylation sites (tertiary alicyclic amines) is 1. The Bertz CT molecular complexity index is 374. The van der Waals surface area contributed by atoms with Gasteiger partial charge >= 0.3 is 0 Å². The lowest BCUT2D eigenvalue weighted by Gasteiger charge is -2.36. The summed E-state index contributed by atoms with van der Waals surface area (Å²) >= 11 is 0. The quantitative estimate of drug-likeness (QED) is 0.818. The number of rotatable bonds is 4. The molecule has 0 saturated carbocycles. The van der Waals surface area contributed by atoms with Crippen LogP contribution in [0.4, 0.5) is 0 Å². The van der Waals surface area contributed by atoms with E-state index in [1.54, 1.807) is 6.92 Å². The summed E-state index contributed by atoms with van der Waals surface area (Å²) in [6.45, 7) is 8.46. The van der Waals surface area contributed by atoms with Gasteiger partial charge in [-0.3, -0.25) is 9.59 Å². The molecular weight excluding hydrogens is 290 g/mol. The zero-order valence-electron chi connectivity index (χ0n) is 13.2. The Morgan fingerprint density at radius 3 is 2.43 bits per heavy atom. The van der Waals surface area contributed by atoms with Crippen LogP contribution in [0.2, 0.25) is 0 Å². The smallest absolute Gasteiger partial charge is 0.245 e. The Hall–Kier alpha value is -0.810. The van der Waals surface area contributed by atoms with Crippen LogP contribution in [0, 0.1) is 11.8 Å². The Balaban J connectivity index is 0.00000220. The molecule has 2 fully saturated rings. The average Bonchev–Trinajstić information content (AvgIpc) is 2.36. The number of hydrogen-bond donors (Lipinski definition) is 2. The van der Waals surface area contributed by atoms with Crippen molar-refractivity contribution in [3.05, 3.63) is 0 Å². The largest absolute Gasteiger partial charge is 0.344 e. The molecule has 6 heteroatoms. The highest BCUT2D eigenvalue weighted by Gasteiger charge is 2.32. The molecule has 21 heavy (non-hydrogen) atoms. The molecule has 122 valence electrons. The lowest BCUT2D eigenvalue weighted by molar-refractivity contribution is -0.140. The summed E-state index contributed by atoms with van der Waals surface area (Å²) in [6.07, 6.45) is 3.33. The lowest BCUT2D eigenvalue weighted by atomic mass is 9.88. The van der Waals surface area contributed by atoms with Gasteiger partial charge in [-0.2, -0.15) is 0 Å². The van der Waals surface area contributed by atoms with Crippen LogP contribution < -0.4 is 10.6 Å². The Labute approximate surface area is 133 Å². The van der Waals surface area contributed by atoms with E-state index in [0.29, 0.717) is 12.0 Å². The first-order valence-corrected chi connectivity index (χ1v) is 7.82. The first-order chi connectivity index (χ1) is 9.50. The monoisotopic (exact) mass is 317 g/mol. The van der Waals surface area contributed by atoms with E-state index in [1.807, 2.05) is 11.8 Å². The van der Waals surface area contributed by atoms with Crippen molar-refractivity contribution in [2.24, 2.45) is 11.8 Å². The van der Waals surface area contributed by atoms with E-state index in [9.17, 15) is 9.59 Å². The lowest BCUT2D eigenvalue weighted by Crippen LogP contribution is -2.54. The third-order valence-electron chi connectivity index (χ3n) is 4.75. The molecule has 0 bridgehead atoms. The van der Waals surface area contributed by atoms with Gasteiger partial charge in [0, 0.05) is 18.5 Å². The molecule has 2 N–H and O–H groups in total. The topological polar surface area (TPSA) is 61.4 Å². The number of amides is 2. The molecule has 2 heterocycles. The summed E-state index contributed by atoms with van der Waals surface area (Å²) in [6, 6.07) is -0.123. The standard InChI is InChI=1S/C15H27N3O2.ClH/c1-10-6-4-5-7-18(10)15(20)12(3)17-14(19)11(2)13-8-16-9-13;/h10-13,16H,4-9H2,1-3H3,(H,17,19);1H. The second-order valence-electron chi connectivity index (χ2n) is 6.31. The second kappa shape index (κ2) is 7.99. The molecule has 2 aliphatic rings. The third-order valence-corrected chi connectivity index (χ3v) is 4.75. The van der Waals surface area contributed by atoms with Crippen molar-refractivity contribution in [1.82, 2.24) is 15.5 Å². The molecular formula is C15H28ClN3O2. The summed E-state index contributed by atoms with van der Waals surface area (Å²) in [5.74, 6) is 0.447. The van der Waals surface area contributed by atoms with Crippen LogP contribution >= 0.6 is 12.4 Å². The number of piperidine rings is 1. The molecule has 0 radical (unpaired) electrons. The number of hydrogen-bond acceptors (Lipinski definition) is 3. The van der Waals surface area contributed by atoms with Crippen LogP contribution in [0.3, 0.4) is 0 Å². The zero-order valence-corrected chi connectivity index (χ0v) is 14.0. The van der Waals surface area contributed by atoms with Gasteiger partial charge < -0.3 is 15.5 Å². The molecule has 0 aromatic carbocycles. The fourth-order valence-electron chi connectivity index (χ4n) is 2.96. The summed E-state index contributed by atoms with van der Waals surface area (Å²) in [5.41, 5.74) is 0. The van der Waals surface area contributed by atoms with Gasteiger partial charge in [0.25, 0.3) is 0 Å². The predicted octanol–water partition coefficient (Wildman–Crippen LogP) is 1.17. The molecule has 0 spiro atoms. The van der Waals surface area contributed by atoms with Crippen molar-refractivity contribution in [2.75, 3.05) is 19.6 Å². The van der Waals surface area contributed by atoms with Crippen molar-refractivity contribution in [3.63, 3.8) is 0 Å². The fraction of sp³-hybridized carbons (Fsp3) is 0.867. The summed E-state index contributed by atoms with van der Waals surface area (Å²) < 4.78 is 0. The van der Waals surface area contributed by atoms with Crippen LogP contribution in [0.15, 0.2) is 0 Å². The minimum absolute atomic E-state index is 0. The van der Waals surface area contributed by atoms with E-state index in [4.69, 9.17) is 0 Å². The molecule has 5 nitrogen and oxygen atoms in total. The van der Waals surface area contributed by atoms with Gasteiger partial charge in [-0.05, 0) is 52.1 Å². The molecule has 0 aliphatic carbocycles. The highest BCUT2D eigenvalue weighted by atomic mass is 35.5. The average molecular weight is 318 g/mol. The maximum Gasteiger partial charge on any atom is 0.245 e. The second-order valence-corrected chi connectivity index (χ2v) is 6.31. The van der Waals surface area contributed by atoms with Gasteiger partial charge in [0.05, 0.1) is 0 Å². The number of halogens is 1. The fourth-order valence-corrected chi connectivity index (χ4v) is 2.96. The van der Waals surface area contributed by atoms with E-state index >= 15 is 0 Å². The molecule has 3 atom stereocenters. The normalized spacial score (nSPS) is 25.3. The van der Waals surface area contributed by atoms with E-state index in [-0.39, 0.29) is 30.1 Å². The number of carbonyl (C=O) groups excluding carboxylic acids is 2. The van der Waals surface area contributed by atoms with E-state index < -0.39 is 6.04 Å². The van der Waals surface area contributed by atoms with Crippen molar-refractivity contribution < 1.29 is 9.59 Å². The van der Waals surface area contributed by atoms with Crippen molar-refractivity contribution in [2.45, 2.75) is 52.1 Å². The van der Waals surface area contributed by atoms with E-state index in [1.165, 1.54) is 6.42 Å². The minimum Gasteiger partial charge on any atom is -0.344 e. The molecule has 2 saturated heterocycles. The minimum atomic E-state index is -0.418. The van der Waals surface area contributed by atoms with E-state index in [0.717, 1.165) is 32.5 Å². The summed E-state index contributed by atoms with van der Waals surface area (Å²) in [5, 5.41) is 6.06. The van der Waals surface area contributed by atoms with Gasteiger partial charge in [0.1, 0.15) is 6.04 Å². The first kappa shape index (κ1) is 18.2. The first-order valence-electron chi connectivity index (χ1n) is 7.82. The molecule has 2 rings (SSSR count). The third kappa shape index (κ3) is 4.33. The summed E-state index contributed by atoms with van der Waals surface area (Å²) in [4.78, 5) is 26.5. The maximum atomic E-state index is 12.4. The van der Waals surface area contributed by atoms with Crippen LogP contribution in [-0.2, 0) is 9.59 Å². The van der Waals surface area contributed by atoms with Crippen LogP contribution in [0.25, 0.3) is 0 Å². The molecule has 0 aromatic rings. The molecule has 3 unspecified atom stereocenters. The van der Waals surface area contributed by atoms with Gasteiger partial charge in [0.15, 0.2) is 0 Å². The predicted molar refractivity (Wildman–Crippen MR) is 85.4 cm³/mol. The van der Waals surface area contributed by atoms with Gasteiger partial charge in [-0.25, -0.2) is 0 Å². The van der Waals surface area contributed by atoms with Crippen LogP contribution in [-0.4, -0.2) is 48.4 Å². The van der Waals surface area contributed by atoms with Crippen molar-refractivity contribution in [3.8, 4) is 0 Å². The summed E-state index contributed by atoms with van der Waals surface area (Å²) in [7, 11) is 0. The van der Waals surface area contributed by atoms with Crippen molar-refractivity contribution >= 4 is 24.2 Å². The van der Waals surface area contributed by atoms with Gasteiger partial charge in [-0.15, -0.1) is 12.4 Å². The Morgan fingerprint density at radius 2 is 1.90 bits per heavy atom. The highest BCUT2D eigenvalue weighted by Crippen LogP contribution is 2.18. The van der Waals surface area contributed by atoms with Gasteiger partial charge in [-0.1, -0.05) is 6.92 Å². The SMILES string of the molecule is CC(NC(=O)C(C)C1CNC1)C(=O)N1CCCCC1C.Cl. The number of carbonyl (C=O) groups is 2. The highest BCUT2D eigenvalue weighted by molar-refractivity contribution is 5.88. The van der Waals surface area contributed by atoms with Crippen molar-refractivity contribution in [1.29, 1.82) is 0 Å². The van der Waals surface area contributed by atoms with E-state index in [2.05, 4.69) is 17.6 Å². The van der Waals surface area contributed by atoms with Gasteiger partial charge in [0.2, 0.25) is 11.8 Å². The van der Waals surface area contributed by atoms with Crippen LogP contribution in [0.1, 0.15) is 40.0 Å². The molecule has 2 amide bonds. The van der Waals surface area contributed by atoms with Crippen LogP contribution in [0.5, 0.6) is 0 Å². The maximum absolute atomic E-state index is 12.4. The zero-order chi connectivity index (χ0) is 14.7. The molecule has 0 aromatic heterocycles. The Kier molecular flexibility index (Phi) is 6.94. The Morgan fingerprint density at radius 1 is 1.24 bits per heavy atom. The number of nitrogens with one attached hydrogen (secondary N) is 2.